The summed E-state index contributed by atoms with van der Waals surface area (Å²) in [4.78, 5) is 11.9. The highest BCUT2D eigenvalue weighted by molar-refractivity contribution is 7.92. The maximum atomic E-state index is 13.2. The van der Waals surface area contributed by atoms with E-state index < -0.39 is 21.9 Å². The Morgan fingerprint density at radius 1 is 1.11 bits per heavy atom. The van der Waals surface area contributed by atoms with Crippen molar-refractivity contribution in [2.24, 2.45) is 5.92 Å². The molecule has 0 radical (unpaired) electrons. The Morgan fingerprint density at radius 2 is 1.78 bits per heavy atom. The predicted molar refractivity (Wildman–Crippen MR) is 102 cm³/mol. The number of ether oxygens (including phenoxy) is 1. The molecule has 0 unspecified atom stereocenters. The van der Waals surface area contributed by atoms with Crippen molar-refractivity contribution < 1.29 is 22.3 Å². The molecule has 27 heavy (non-hydrogen) atoms. The molecule has 0 aliphatic rings. The third kappa shape index (κ3) is 6.25. The molecule has 0 saturated heterocycles. The van der Waals surface area contributed by atoms with E-state index in [-0.39, 0.29) is 16.5 Å². The van der Waals surface area contributed by atoms with Gasteiger partial charge in [-0.3, -0.25) is 9.52 Å². The van der Waals surface area contributed by atoms with E-state index in [1.54, 1.807) is 6.92 Å². The summed E-state index contributed by atoms with van der Waals surface area (Å²) >= 11 is 0. The van der Waals surface area contributed by atoms with E-state index in [0.29, 0.717) is 18.2 Å². The van der Waals surface area contributed by atoms with Crippen LogP contribution in [0.3, 0.4) is 0 Å². The fraction of sp³-hybridized carbons (Fsp3) is 0.316. The monoisotopic (exact) mass is 394 g/mol. The number of rotatable bonds is 8. The first-order valence-electron chi connectivity index (χ1n) is 8.50. The van der Waals surface area contributed by atoms with Crippen LogP contribution >= 0.6 is 0 Å². The highest BCUT2D eigenvalue weighted by Gasteiger charge is 2.17. The molecule has 0 fully saturated rings. The standard InChI is InChI=1S/C19H23FN2O4S/c1-13(2)12-21-19(23)14(3)26-17-7-9-18(10-8-17)27(24,25)22-16-6-4-5-15(20)11-16/h4-11,13-14,22H,12H2,1-3H3,(H,21,23)/t14-/m0/s1. The lowest BCUT2D eigenvalue weighted by molar-refractivity contribution is -0.127. The molecular weight excluding hydrogens is 371 g/mol. The third-order valence-corrected chi connectivity index (χ3v) is 4.97. The van der Waals surface area contributed by atoms with Crippen molar-refractivity contribution in [1.82, 2.24) is 5.32 Å². The number of anilines is 1. The normalized spacial score (nSPS) is 12.5. The summed E-state index contributed by atoms with van der Waals surface area (Å²) in [6.07, 6.45) is -0.711. The van der Waals surface area contributed by atoms with Gasteiger partial charge in [0, 0.05) is 6.54 Å². The molecule has 0 bridgehead atoms. The second-order valence-corrected chi connectivity index (χ2v) is 8.17. The number of hydrogen-bond donors (Lipinski definition) is 2. The summed E-state index contributed by atoms with van der Waals surface area (Å²) in [5.41, 5.74) is 0.130. The Balaban J connectivity index is 2.02. The number of carbonyl (C=O) groups excluding carboxylic acids is 1. The smallest absolute Gasteiger partial charge is 0.261 e. The average Bonchev–Trinajstić information content (AvgIpc) is 2.59. The fourth-order valence-electron chi connectivity index (χ4n) is 2.17. The van der Waals surface area contributed by atoms with Crippen molar-refractivity contribution in [1.29, 1.82) is 0 Å². The Hall–Kier alpha value is -2.61. The van der Waals surface area contributed by atoms with E-state index in [1.807, 2.05) is 13.8 Å². The quantitative estimate of drug-likeness (QED) is 0.720. The molecule has 2 rings (SSSR count). The van der Waals surface area contributed by atoms with Crippen molar-refractivity contribution >= 4 is 21.6 Å². The van der Waals surface area contributed by atoms with Crippen LogP contribution < -0.4 is 14.8 Å². The van der Waals surface area contributed by atoms with Crippen molar-refractivity contribution in [3.05, 3.63) is 54.3 Å². The Kier molecular flexibility index (Phi) is 6.79. The molecule has 1 atom stereocenters. The zero-order valence-corrected chi connectivity index (χ0v) is 16.2. The first-order chi connectivity index (χ1) is 12.7. The van der Waals surface area contributed by atoms with Crippen LogP contribution in [-0.2, 0) is 14.8 Å². The molecule has 0 heterocycles. The van der Waals surface area contributed by atoms with Crippen LogP contribution in [0.15, 0.2) is 53.4 Å². The lowest BCUT2D eigenvalue weighted by atomic mass is 10.2. The topological polar surface area (TPSA) is 84.5 Å². The number of halogens is 1. The van der Waals surface area contributed by atoms with Crippen LogP contribution in [0.25, 0.3) is 0 Å². The van der Waals surface area contributed by atoms with Crippen LogP contribution in [0.4, 0.5) is 10.1 Å². The molecule has 2 aromatic rings. The second kappa shape index (κ2) is 8.85. The lowest BCUT2D eigenvalue weighted by Gasteiger charge is -2.16. The first kappa shape index (κ1) is 20.7. The Bertz CT molecular complexity index is 883. The molecule has 2 aromatic carbocycles. The minimum absolute atomic E-state index is 0.00368. The van der Waals surface area contributed by atoms with Gasteiger partial charge in [-0.25, -0.2) is 12.8 Å². The maximum absolute atomic E-state index is 13.2. The maximum Gasteiger partial charge on any atom is 0.261 e. The van der Waals surface area contributed by atoms with Crippen molar-refractivity contribution in [3.63, 3.8) is 0 Å². The predicted octanol–water partition coefficient (Wildman–Crippen LogP) is 3.17. The molecule has 6 nitrogen and oxygen atoms in total. The van der Waals surface area contributed by atoms with Gasteiger partial charge < -0.3 is 10.1 Å². The van der Waals surface area contributed by atoms with Gasteiger partial charge in [0.15, 0.2) is 6.10 Å². The minimum Gasteiger partial charge on any atom is -0.481 e. The number of benzene rings is 2. The van der Waals surface area contributed by atoms with Crippen LogP contribution in [0.5, 0.6) is 5.75 Å². The summed E-state index contributed by atoms with van der Waals surface area (Å²) < 4.78 is 45.8. The fourth-order valence-corrected chi connectivity index (χ4v) is 3.22. The second-order valence-electron chi connectivity index (χ2n) is 6.49. The van der Waals surface area contributed by atoms with Crippen LogP contribution in [0.2, 0.25) is 0 Å². The SMILES string of the molecule is CC(C)CNC(=O)[C@H](C)Oc1ccc(S(=O)(=O)Nc2cccc(F)c2)cc1. The van der Waals surface area contributed by atoms with E-state index in [0.717, 1.165) is 6.07 Å². The molecule has 0 spiro atoms. The highest BCUT2D eigenvalue weighted by Crippen LogP contribution is 2.20. The molecule has 1 amide bonds. The molecule has 8 heteroatoms. The molecule has 2 N–H and O–H groups in total. The molecule has 0 aliphatic carbocycles. The van der Waals surface area contributed by atoms with Gasteiger partial charge in [-0.05, 0) is 55.3 Å². The van der Waals surface area contributed by atoms with Gasteiger partial charge in [0.05, 0.1) is 10.6 Å². The Labute approximate surface area is 158 Å². The highest BCUT2D eigenvalue weighted by atomic mass is 32.2. The van der Waals surface area contributed by atoms with Gasteiger partial charge in [-0.1, -0.05) is 19.9 Å². The van der Waals surface area contributed by atoms with E-state index in [1.165, 1.54) is 42.5 Å². The van der Waals surface area contributed by atoms with Crippen LogP contribution in [-0.4, -0.2) is 27.0 Å². The minimum atomic E-state index is -3.86. The van der Waals surface area contributed by atoms with Gasteiger partial charge in [0.1, 0.15) is 11.6 Å². The first-order valence-corrected chi connectivity index (χ1v) is 9.98. The van der Waals surface area contributed by atoms with Crippen molar-refractivity contribution in [3.8, 4) is 5.75 Å². The molecule has 0 aliphatic heterocycles. The summed E-state index contributed by atoms with van der Waals surface area (Å²) in [7, 11) is -3.86. The van der Waals surface area contributed by atoms with Crippen LogP contribution in [0, 0.1) is 11.7 Å². The number of sulfonamides is 1. The summed E-state index contributed by atoms with van der Waals surface area (Å²) in [5.74, 6) is -0.0834. The van der Waals surface area contributed by atoms with Crippen molar-refractivity contribution in [2.45, 2.75) is 31.8 Å². The zero-order chi connectivity index (χ0) is 20.0. The molecule has 0 saturated carbocycles. The largest absolute Gasteiger partial charge is 0.481 e. The van der Waals surface area contributed by atoms with E-state index in [4.69, 9.17) is 4.74 Å². The van der Waals surface area contributed by atoms with E-state index in [2.05, 4.69) is 10.0 Å². The Morgan fingerprint density at radius 3 is 2.37 bits per heavy atom. The number of amides is 1. The van der Waals surface area contributed by atoms with E-state index >= 15 is 0 Å². The molecule has 0 aromatic heterocycles. The molecular formula is C19H23FN2O4S. The van der Waals surface area contributed by atoms with Gasteiger partial charge in [-0.2, -0.15) is 0 Å². The summed E-state index contributed by atoms with van der Waals surface area (Å²) in [5, 5.41) is 2.77. The summed E-state index contributed by atoms with van der Waals surface area (Å²) in [6, 6.07) is 10.8. The average molecular weight is 394 g/mol. The lowest BCUT2D eigenvalue weighted by Crippen LogP contribution is -2.38. The van der Waals surface area contributed by atoms with Crippen molar-refractivity contribution in [2.75, 3.05) is 11.3 Å². The van der Waals surface area contributed by atoms with Crippen LogP contribution in [0.1, 0.15) is 20.8 Å². The van der Waals surface area contributed by atoms with Gasteiger partial charge in [-0.15, -0.1) is 0 Å². The molecule has 146 valence electrons. The number of hydrogen-bond acceptors (Lipinski definition) is 4. The summed E-state index contributed by atoms with van der Waals surface area (Å²) in [6.45, 7) is 6.15. The third-order valence-electron chi connectivity index (χ3n) is 3.58. The van der Waals surface area contributed by atoms with E-state index in [9.17, 15) is 17.6 Å². The number of carbonyl (C=O) groups is 1. The zero-order valence-electron chi connectivity index (χ0n) is 15.4. The number of nitrogens with one attached hydrogen (secondary N) is 2. The van der Waals surface area contributed by atoms with Gasteiger partial charge in [0.25, 0.3) is 15.9 Å². The van der Waals surface area contributed by atoms with Gasteiger partial charge >= 0.3 is 0 Å². The van der Waals surface area contributed by atoms with Gasteiger partial charge in [0.2, 0.25) is 0 Å².